The van der Waals surface area contributed by atoms with Crippen molar-refractivity contribution in [1.29, 1.82) is 0 Å². The molecule has 1 aromatic rings. The van der Waals surface area contributed by atoms with E-state index in [1.165, 1.54) is 4.90 Å². The van der Waals surface area contributed by atoms with Gasteiger partial charge in [0, 0.05) is 12.2 Å². The van der Waals surface area contributed by atoms with Crippen LogP contribution in [-0.4, -0.2) is 40.5 Å². The molecule has 1 aromatic carbocycles. The Hall–Kier alpha value is -2.04. The molecule has 1 saturated heterocycles. The minimum absolute atomic E-state index is 0.124. The van der Waals surface area contributed by atoms with Crippen molar-refractivity contribution >= 4 is 17.6 Å². The number of likely N-dealkylation sites (tertiary alicyclic amines) is 1. The van der Waals surface area contributed by atoms with Crippen molar-refractivity contribution in [2.45, 2.75) is 31.7 Å². The lowest BCUT2D eigenvalue weighted by Gasteiger charge is -2.34. The number of nitrogens with zero attached hydrogens (tertiary/aromatic N) is 1. The van der Waals surface area contributed by atoms with Gasteiger partial charge >= 0.3 is 5.97 Å². The lowest BCUT2D eigenvalue weighted by molar-refractivity contribution is -0.156. The summed E-state index contributed by atoms with van der Waals surface area (Å²) < 4.78 is 0. The van der Waals surface area contributed by atoms with Crippen LogP contribution in [0.15, 0.2) is 30.3 Å². The van der Waals surface area contributed by atoms with E-state index >= 15 is 0 Å². The zero-order valence-corrected chi connectivity index (χ0v) is 11.6. The molecule has 108 valence electrons. The SMILES string of the molecule is CCC1(C(=O)O)CCCN1C(=O)CNc1ccccc1. The van der Waals surface area contributed by atoms with Gasteiger partial charge in [0.05, 0.1) is 6.54 Å². The third-order valence-electron chi connectivity index (χ3n) is 3.99. The molecule has 1 heterocycles. The highest BCUT2D eigenvalue weighted by Gasteiger charge is 2.48. The summed E-state index contributed by atoms with van der Waals surface area (Å²) in [5, 5.41) is 12.5. The molecule has 0 saturated carbocycles. The van der Waals surface area contributed by atoms with Crippen LogP contribution in [0.25, 0.3) is 0 Å². The Labute approximate surface area is 118 Å². The van der Waals surface area contributed by atoms with Crippen molar-refractivity contribution in [3.05, 3.63) is 30.3 Å². The highest BCUT2D eigenvalue weighted by atomic mass is 16.4. The fraction of sp³-hybridized carbons (Fsp3) is 0.467. The monoisotopic (exact) mass is 276 g/mol. The number of carboxylic acids is 1. The number of para-hydroxylation sites is 1. The minimum Gasteiger partial charge on any atom is -0.479 e. The zero-order chi connectivity index (χ0) is 14.6. The van der Waals surface area contributed by atoms with Crippen LogP contribution >= 0.6 is 0 Å². The zero-order valence-electron chi connectivity index (χ0n) is 11.6. The number of carbonyl (C=O) groups excluding carboxylic acids is 1. The molecule has 1 aliphatic rings. The molecule has 5 heteroatoms. The molecule has 0 spiro atoms. The van der Waals surface area contributed by atoms with Crippen molar-refractivity contribution in [1.82, 2.24) is 4.90 Å². The molecule has 1 fully saturated rings. The number of amides is 1. The molecule has 2 rings (SSSR count). The lowest BCUT2D eigenvalue weighted by Crippen LogP contribution is -2.54. The van der Waals surface area contributed by atoms with Gasteiger partial charge in [-0.3, -0.25) is 4.79 Å². The average molecular weight is 276 g/mol. The third-order valence-corrected chi connectivity index (χ3v) is 3.99. The summed E-state index contributed by atoms with van der Waals surface area (Å²) in [5.41, 5.74) is -0.160. The first-order valence-electron chi connectivity index (χ1n) is 6.93. The van der Waals surface area contributed by atoms with E-state index in [0.29, 0.717) is 19.4 Å². The Balaban J connectivity index is 2.03. The second-order valence-corrected chi connectivity index (χ2v) is 5.06. The highest BCUT2D eigenvalue weighted by Crippen LogP contribution is 2.32. The summed E-state index contributed by atoms with van der Waals surface area (Å²) in [6.07, 6.45) is 1.73. The maximum absolute atomic E-state index is 12.3. The molecule has 0 aliphatic carbocycles. The van der Waals surface area contributed by atoms with E-state index in [4.69, 9.17) is 0 Å². The van der Waals surface area contributed by atoms with Gasteiger partial charge in [0.1, 0.15) is 5.54 Å². The van der Waals surface area contributed by atoms with Gasteiger partial charge in [-0.15, -0.1) is 0 Å². The smallest absolute Gasteiger partial charge is 0.329 e. The molecule has 2 N–H and O–H groups in total. The largest absolute Gasteiger partial charge is 0.479 e. The van der Waals surface area contributed by atoms with Gasteiger partial charge in [0.2, 0.25) is 5.91 Å². The maximum Gasteiger partial charge on any atom is 0.329 e. The Morgan fingerprint density at radius 1 is 1.35 bits per heavy atom. The number of benzene rings is 1. The number of carboxylic acid groups (broad SMARTS) is 1. The summed E-state index contributed by atoms with van der Waals surface area (Å²) in [6, 6.07) is 9.43. The van der Waals surface area contributed by atoms with Crippen LogP contribution in [-0.2, 0) is 9.59 Å². The van der Waals surface area contributed by atoms with Crippen molar-refractivity contribution in [2.75, 3.05) is 18.4 Å². The predicted octanol–water partition coefficient (Wildman–Crippen LogP) is 1.95. The minimum atomic E-state index is -1.02. The molecule has 1 atom stereocenters. The van der Waals surface area contributed by atoms with Crippen LogP contribution in [0.3, 0.4) is 0 Å². The molecule has 1 aliphatic heterocycles. The summed E-state index contributed by atoms with van der Waals surface area (Å²) >= 11 is 0. The van der Waals surface area contributed by atoms with Crippen LogP contribution in [0.1, 0.15) is 26.2 Å². The van der Waals surface area contributed by atoms with Crippen LogP contribution < -0.4 is 5.32 Å². The van der Waals surface area contributed by atoms with Gasteiger partial charge < -0.3 is 15.3 Å². The van der Waals surface area contributed by atoms with Gasteiger partial charge in [0.15, 0.2) is 0 Å². The third kappa shape index (κ3) is 2.61. The number of aliphatic carboxylic acids is 1. The Bertz CT molecular complexity index is 489. The first kappa shape index (κ1) is 14.4. The van der Waals surface area contributed by atoms with Crippen molar-refractivity contribution in [3.8, 4) is 0 Å². The summed E-state index contributed by atoms with van der Waals surface area (Å²) in [5.74, 6) is -1.05. The first-order chi connectivity index (χ1) is 9.60. The summed E-state index contributed by atoms with van der Waals surface area (Å²) in [4.78, 5) is 25.3. The molecule has 1 amide bonds. The molecule has 0 radical (unpaired) electrons. The van der Waals surface area contributed by atoms with Gasteiger partial charge in [-0.2, -0.15) is 0 Å². The fourth-order valence-electron chi connectivity index (χ4n) is 2.81. The maximum atomic E-state index is 12.3. The standard InChI is InChI=1S/C15H20N2O3/c1-2-15(14(19)20)9-6-10-17(15)13(18)11-16-12-7-4-3-5-8-12/h3-5,7-8,16H,2,6,9-11H2,1H3,(H,19,20). The number of hydrogen-bond acceptors (Lipinski definition) is 3. The van der Waals surface area contributed by atoms with E-state index in [2.05, 4.69) is 5.32 Å². The first-order valence-corrected chi connectivity index (χ1v) is 6.93. The summed E-state index contributed by atoms with van der Waals surface area (Å²) in [7, 11) is 0. The van der Waals surface area contributed by atoms with Gasteiger partial charge in [-0.05, 0) is 31.4 Å². The van der Waals surface area contributed by atoms with E-state index in [1.807, 2.05) is 37.3 Å². The van der Waals surface area contributed by atoms with E-state index < -0.39 is 11.5 Å². The van der Waals surface area contributed by atoms with Crippen LogP contribution in [0.2, 0.25) is 0 Å². The van der Waals surface area contributed by atoms with Crippen molar-refractivity contribution < 1.29 is 14.7 Å². The topological polar surface area (TPSA) is 69.6 Å². The second kappa shape index (κ2) is 5.94. The molecule has 0 aromatic heterocycles. The quantitative estimate of drug-likeness (QED) is 0.862. The normalized spacial score (nSPS) is 21.8. The van der Waals surface area contributed by atoms with Crippen LogP contribution in [0.5, 0.6) is 0 Å². The number of nitrogens with one attached hydrogen (secondary N) is 1. The Morgan fingerprint density at radius 2 is 2.05 bits per heavy atom. The van der Waals surface area contributed by atoms with Gasteiger partial charge in [-0.25, -0.2) is 4.79 Å². The molecule has 20 heavy (non-hydrogen) atoms. The number of hydrogen-bond donors (Lipinski definition) is 2. The number of carbonyl (C=O) groups is 2. The van der Waals surface area contributed by atoms with E-state index in [0.717, 1.165) is 12.1 Å². The number of rotatable bonds is 5. The lowest BCUT2D eigenvalue weighted by atomic mass is 9.93. The van der Waals surface area contributed by atoms with Crippen molar-refractivity contribution in [3.63, 3.8) is 0 Å². The van der Waals surface area contributed by atoms with Crippen molar-refractivity contribution in [2.24, 2.45) is 0 Å². The van der Waals surface area contributed by atoms with E-state index in [1.54, 1.807) is 0 Å². The molecule has 0 bridgehead atoms. The molecule has 1 unspecified atom stereocenters. The van der Waals surface area contributed by atoms with Crippen LogP contribution in [0, 0.1) is 0 Å². The van der Waals surface area contributed by atoms with Gasteiger partial charge in [0.25, 0.3) is 0 Å². The van der Waals surface area contributed by atoms with Crippen LogP contribution in [0.4, 0.5) is 5.69 Å². The average Bonchev–Trinajstić information content (AvgIpc) is 2.91. The molecular formula is C15H20N2O3. The number of anilines is 1. The summed E-state index contributed by atoms with van der Waals surface area (Å²) in [6.45, 7) is 2.47. The molecule has 5 nitrogen and oxygen atoms in total. The Kier molecular flexibility index (Phi) is 4.27. The predicted molar refractivity (Wildman–Crippen MR) is 76.5 cm³/mol. The van der Waals surface area contributed by atoms with Gasteiger partial charge in [-0.1, -0.05) is 25.1 Å². The Morgan fingerprint density at radius 3 is 2.65 bits per heavy atom. The highest BCUT2D eigenvalue weighted by molar-refractivity contribution is 5.89. The van der Waals surface area contributed by atoms with E-state index in [-0.39, 0.29) is 12.5 Å². The second-order valence-electron chi connectivity index (χ2n) is 5.06. The van der Waals surface area contributed by atoms with E-state index in [9.17, 15) is 14.7 Å². The molecular weight excluding hydrogens is 256 g/mol. The fourth-order valence-corrected chi connectivity index (χ4v) is 2.81.